The Hall–Kier alpha value is -4.63. The average Bonchev–Trinajstić information content (AvgIpc) is 3.63. The van der Waals surface area contributed by atoms with Crippen LogP contribution < -0.4 is 20.7 Å². The Balaban J connectivity index is 1.22. The van der Waals surface area contributed by atoms with E-state index in [-0.39, 0.29) is 29.4 Å². The molecule has 2 unspecified atom stereocenters. The average molecular weight is 748 g/mol. The normalized spacial score (nSPS) is 22.1. The molecule has 1 fully saturated rings. The number of aromatic nitrogens is 4. The monoisotopic (exact) mass is 747 g/mol. The number of fused-ring (bicyclic) bond motifs is 2. The van der Waals surface area contributed by atoms with Gasteiger partial charge >= 0.3 is 13.7 Å². The van der Waals surface area contributed by atoms with Crippen LogP contribution in [-0.2, 0) is 29.8 Å². The van der Waals surface area contributed by atoms with Gasteiger partial charge in [-0.3, -0.25) is 13.9 Å². The van der Waals surface area contributed by atoms with E-state index in [0.717, 1.165) is 17.4 Å². The summed E-state index contributed by atoms with van der Waals surface area (Å²) in [4.78, 5) is 26.1. The number of carbonyl (C=O) groups is 1. The van der Waals surface area contributed by atoms with Crippen molar-refractivity contribution in [2.45, 2.75) is 71.1 Å². The number of hydrogen-bond acceptors (Lipinski definition) is 13. The molecule has 282 valence electrons. The Labute approximate surface area is 307 Å². The molecule has 53 heavy (non-hydrogen) atoms. The number of aliphatic hydroxyl groups excluding tert-OH is 1. The SMILES string of the molecule is C[C@H](NP(=O)(OC[C@H]1OC(n2cnc3c(NCCc4ccccc4)nc(N)nc32)[C@](C)(O)[C@@H]1O)Oc1cccc2ccccc12)C(=O)OCC(C)(C)C. The van der Waals surface area contributed by atoms with Crippen LogP contribution in [0, 0.1) is 5.41 Å². The molecular formula is C37H46N7O8P. The fourth-order valence-corrected chi connectivity index (χ4v) is 7.47. The number of carbonyl (C=O) groups excluding carboxylic acids is 1. The molecule has 0 spiro atoms. The van der Waals surface area contributed by atoms with Gasteiger partial charge in [-0.15, -0.1) is 0 Å². The Kier molecular flexibility index (Phi) is 11.1. The standard InChI is InChI=1S/C37H46N7O8P/c1-23(33(46)49-21-36(2,3)4)43-53(48,52-27-17-11-15-25-14-9-10-16-26(25)27)50-20-28-30(45)37(5,47)34(51-28)44-22-40-29-31(41-35(38)42-32(29)44)39-19-18-24-12-7-6-8-13-24/h6-17,22-23,28,30,34,45,47H,18-21H2,1-5H3,(H,43,48)(H3,38,39,41,42)/t23-,28+,30+,34?,37+,53?/m0/s1. The van der Waals surface area contributed by atoms with E-state index in [9.17, 15) is 19.6 Å². The fraction of sp³-hybridized carbons (Fsp3) is 0.405. The second-order valence-corrected chi connectivity index (χ2v) is 16.2. The third-order valence-electron chi connectivity index (χ3n) is 8.72. The Bertz CT molecular complexity index is 2100. The van der Waals surface area contributed by atoms with Crippen LogP contribution in [0.4, 0.5) is 11.8 Å². The highest BCUT2D eigenvalue weighted by Crippen LogP contribution is 2.48. The lowest BCUT2D eigenvalue weighted by molar-refractivity contribution is -0.148. The number of nitrogen functional groups attached to an aromatic ring is 1. The highest BCUT2D eigenvalue weighted by molar-refractivity contribution is 7.52. The summed E-state index contributed by atoms with van der Waals surface area (Å²) in [6.45, 7) is 8.81. The predicted molar refractivity (Wildman–Crippen MR) is 200 cm³/mol. The van der Waals surface area contributed by atoms with Gasteiger partial charge in [0.15, 0.2) is 23.2 Å². The number of imidazole rings is 1. The molecule has 0 radical (unpaired) electrons. The van der Waals surface area contributed by atoms with Crippen molar-refractivity contribution < 1.29 is 38.1 Å². The van der Waals surface area contributed by atoms with Gasteiger partial charge < -0.3 is 35.3 Å². The number of anilines is 2. The number of ether oxygens (including phenoxy) is 2. The molecule has 0 amide bonds. The maximum Gasteiger partial charge on any atom is 0.459 e. The predicted octanol–water partition coefficient (Wildman–Crippen LogP) is 5.00. The van der Waals surface area contributed by atoms with Crippen LogP contribution in [-0.4, -0.2) is 79.3 Å². The fourth-order valence-electron chi connectivity index (χ4n) is 5.94. The highest BCUT2D eigenvalue weighted by Gasteiger charge is 2.54. The number of hydrogen-bond donors (Lipinski definition) is 5. The molecule has 3 aromatic carbocycles. The maximum absolute atomic E-state index is 14.5. The van der Waals surface area contributed by atoms with Crippen LogP contribution in [0.2, 0.25) is 0 Å². The van der Waals surface area contributed by atoms with E-state index in [4.69, 9.17) is 24.3 Å². The summed E-state index contributed by atoms with van der Waals surface area (Å²) in [6, 6.07) is 21.4. The molecule has 6 rings (SSSR count). The molecule has 15 nitrogen and oxygen atoms in total. The minimum atomic E-state index is -4.39. The number of nitrogens with one attached hydrogen (secondary N) is 2. The molecular weight excluding hydrogens is 701 g/mol. The van der Waals surface area contributed by atoms with Crippen molar-refractivity contribution in [3.05, 3.63) is 84.7 Å². The zero-order chi connectivity index (χ0) is 38.0. The van der Waals surface area contributed by atoms with Crippen molar-refractivity contribution in [1.29, 1.82) is 0 Å². The van der Waals surface area contributed by atoms with Crippen LogP contribution in [0.15, 0.2) is 79.1 Å². The summed E-state index contributed by atoms with van der Waals surface area (Å²) in [5.41, 5.74) is 5.67. The van der Waals surface area contributed by atoms with Crippen molar-refractivity contribution in [3.8, 4) is 5.75 Å². The first-order valence-corrected chi connectivity index (χ1v) is 18.9. The molecule has 3 heterocycles. The van der Waals surface area contributed by atoms with E-state index in [1.54, 1.807) is 18.2 Å². The summed E-state index contributed by atoms with van der Waals surface area (Å²) >= 11 is 0. The summed E-state index contributed by atoms with van der Waals surface area (Å²) in [5.74, 6) is -0.0600. The van der Waals surface area contributed by atoms with Crippen molar-refractivity contribution in [3.63, 3.8) is 0 Å². The lowest BCUT2D eigenvalue weighted by Crippen LogP contribution is -2.44. The second-order valence-electron chi connectivity index (χ2n) is 14.5. The van der Waals surface area contributed by atoms with E-state index in [1.165, 1.54) is 24.7 Å². The van der Waals surface area contributed by atoms with Crippen molar-refractivity contribution in [1.82, 2.24) is 24.6 Å². The topological polar surface area (TPSA) is 205 Å². The van der Waals surface area contributed by atoms with Crippen LogP contribution >= 0.6 is 7.75 Å². The molecule has 16 heteroatoms. The number of benzene rings is 3. The second kappa shape index (κ2) is 15.4. The van der Waals surface area contributed by atoms with E-state index in [2.05, 4.69) is 25.4 Å². The Morgan fingerprint density at radius 3 is 2.57 bits per heavy atom. The molecule has 6 atom stereocenters. The molecule has 1 aliphatic rings. The van der Waals surface area contributed by atoms with Gasteiger partial charge in [-0.25, -0.2) is 9.55 Å². The smallest absolute Gasteiger partial charge is 0.459 e. The van der Waals surface area contributed by atoms with Gasteiger partial charge in [-0.1, -0.05) is 87.5 Å². The third kappa shape index (κ3) is 8.78. The lowest BCUT2D eigenvalue weighted by atomic mass is 9.96. The van der Waals surface area contributed by atoms with Crippen LogP contribution in [0.25, 0.3) is 21.9 Å². The van der Waals surface area contributed by atoms with Gasteiger partial charge in [0.05, 0.1) is 19.5 Å². The largest absolute Gasteiger partial charge is 0.464 e. The minimum absolute atomic E-state index is 0.0349. The van der Waals surface area contributed by atoms with Gasteiger partial charge in [0, 0.05) is 11.9 Å². The first-order chi connectivity index (χ1) is 25.1. The van der Waals surface area contributed by atoms with E-state index >= 15 is 0 Å². The summed E-state index contributed by atoms with van der Waals surface area (Å²) in [6.07, 6.45) is -1.84. The quantitative estimate of drug-likeness (QED) is 0.0750. The number of rotatable bonds is 14. The van der Waals surface area contributed by atoms with Crippen LogP contribution in [0.1, 0.15) is 46.4 Å². The van der Waals surface area contributed by atoms with Crippen LogP contribution in [0.3, 0.4) is 0 Å². The maximum atomic E-state index is 14.5. The Morgan fingerprint density at radius 2 is 1.81 bits per heavy atom. The summed E-state index contributed by atoms with van der Waals surface area (Å²) < 4.78 is 39.5. The highest BCUT2D eigenvalue weighted by atomic mass is 31.2. The molecule has 0 aliphatic carbocycles. The summed E-state index contributed by atoms with van der Waals surface area (Å²) in [5, 5.41) is 30.4. The van der Waals surface area contributed by atoms with Gasteiger partial charge in [0.2, 0.25) is 5.95 Å². The Morgan fingerprint density at radius 1 is 1.09 bits per heavy atom. The van der Waals surface area contributed by atoms with Gasteiger partial charge in [0.1, 0.15) is 29.6 Å². The van der Waals surface area contributed by atoms with Crippen molar-refractivity contribution >= 4 is 47.4 Å². The first-order valence-electron chi connectivity index (χ1n) is 17.3. The molecule has 2 aromatic heterocycles. The molecule has 0 bridgehead atoms. The zero-order valence-electron chi connectivity index (χ0n) is 30.3. The summed E-state index contributed by atoms with van der Waals surface area (Å²) in [7, 11) is -4.39. The van der Waals surface area contributed by atoms with E-state index in [1.807, 2.05) is 75.4 Å². The molecule has 5 aromatic rings. The van der Waals surface area contributed by atoms with E-state index < -0.39 is 50.4 Å². The third-order valence-corrected chi connectivity index (χ3v) is 10.4. The van der Waals surface area contributed by atoms with Crippen molar-refractivity contribution in [2.75, 3.05) is 30.8 Å². The number of nitrogens with zero attached hydrogens (tertiary/aromatic N) is 4. The molecule has 1 aliphatic heterocycles. The van der Waals surface area contributed by atoms with E-state index in [0.29, 0.717) is 23.3 Å². The molecule has 6 N–H and O–H groups in total. The van der Waals surface area contributed by atoms with Gasteiger partial charge in [0.25, 0.3) is 0 Å². The molecule has 0 saturated carbocycles. The minimum Gasteiger partial charge on any atom is -0.464 e. The lowest BCUT2D eigenvalue weighted by Gasteiger charge is -2.27. The molecule has 1 saturated heterocycles. The first kappa shape index (κ1) is 38.1. The number of nitrogens with two attached hydrogens (primary N) is 1. The van der Waals surface area contributed by atoms with Crippen molar-refractivity contribution in [2.24, 2.45) is 5.41 Å². The van der Waals surface area contributed by atoms with Crippen LogP contribution in [0.5, 0.6) is 5.75 Å². The zero-order valence-corrected chi connectivity index (χ0v) is 31.2. The van der Waals surface area contributed by atoms with Gasteiger partial charge in [-0.05, 0) is 42.7 Å². The van der Waals surface area contributed by atoms with Gasteiger partial charge in [-0.2, -0.15) is 15.1 Å². The number of aliphatic hydroxyl groups is 2. The number of esters is 1.